The monoisotopic (exact) mass is 817 g/mol. The molecule has 1 aromatic heterocycles. The lowest BCUT2D eigenvalue weighted by molar-refractivity contribution is -0.245. The number of aliphatic hydroxyl groups excluding tert-OH is 1. The summed E-state index contributed by atoms with van der Waals surface area (Å²) < 4.78 is 19.8. The number of oxazole rings is 1. The molecule has 3 atom stereocenters. The molecular formula is C51H51N3O5S. The van der Waals surface area contributed by atoms with Gasteiger partial charge in [-0.15, -0.1) is 0 Å². The lowest BCUT2D eigenvalue weighted by atomic mass is 9.53. The average molecular weight is 818 g/mol. The van der Waals surface area contributed by atoms with Gasteiger partial charge in [-0.3, -0.25) is 0 Å². The van der Waals surface area contributed by atoms with E-state index < -0.39 is 6.29 Å². The highest BCUT2D eigenvalue weighted by molar-refractivity contribution is 7.99. The molecule has 3 N–H and O–H groups in total. The number of carbonyl (C=O) groups is 1. The zero-order valence-electron chi connectivity index (χ0n) is 33.7. The van der Waals surface area contributed by atoms with E-state index in [0.717, 1.165) is 93.0 Å². The maximum Gasteiger partial charge on any atom is 0.315 e. The minimum Gasteiger partial charge on any atom is -0.431 e. The van der Waals surface area contributed by atoms with E-state index in [9.17, 15) is 9.90 Å². The Morgan fingerprint density at radius 3 is 2.02 bits per heavy atom. The maximum absolute atomic E-state index is 13.2. The van der Waals surface area contributed by atoms with Crippen LogP contribution in [0.1, 0.15) is 79.6 Å². The molecule has 5 aliphatic rings. The molecule has 0 spiro atoms. The first kappa shape index (κ1) is 39.0. The summed E-state index contributed by atoms with van der Waals surface area (Å²) in [5, 5.41) is 16.9. The number of hydrogen-bond acceptors (Lipinski definition) is 7. The first-order chi connectivity index (χ1) is 29.4. The summed E-state index contributed by atoms with van der Waals surface area (Å²) in [5.41, 5.74) is 8.83. The van der Waals surface area contributed by atoms with Gasteiger partial charge in [0, 0.05) is 40.9 Å². The van der Waals surface area contributed by atoms with Gasteiger partial charge in [0.15, 0.2) is 12.1 Å². The molecule has 11 rings (SSSR count). The predicted molar refractivity (Wildman–Crippen MR) is 235 cm³/mol. The molecule has 4 saturated carbocycles. The second kappa shape index (κ2) is 17.1. The van der Waals surface area contributed by atoms with Gasteiger partial charge in [-0.25, -0.2) is 9.78 Å². The minimum atomic E-state index is -0.590. The van der Waals surface area contributed by atoms with Crippen LogP contribution in [0.2, 0.25) is 0 Å². The van der Waals surface area contributed by atoms with Crippen LogP contribution in [-0.4, -0.2) is 33.5 Å². The van der Waals surface area contributed by atoms with Gasteiger partial charge in [0.2, 0.25) is 0 Å². The van der Waals surface area contributed by atoms with Crippen molar-refractivity contribution in [3.8, 4) is 33.7 Å². The minimum absolute atomic E-state index is 0.00653. The lowest BCUT2D eigenvalue weighted by Gasteiger charge is -2.56. The quantitative estimate of drug-likeness (QED) is 0.106. The summed E-state index contributed by atoms with van der Waals surface area (Å²) in [7, 11) is 0. The number of hydrogen-bond donors (Lipinski definition) is 3. The Bertz CT molecular complexity index is 2310. The standard InChI is InChI=1S/C51H51N3O5S/c55-31-33-14-16-39(17-15-33)45-26-44(32-60-50-53-46(40-9-3-1-4-10-40)47(59-50)41-11-5-2-6-12-41)57-48(58-45)42-20-18-38(19-21-42)43-13-7-8-34(25-43)30-52-49(56)54-51-27-35-22-36(28-51)24-37(23-35)29-51/h1-21,25,35-37,44-45,48,55H,22-24,26-32H2,(H2,52,54,56)/t35?,36?,37?,44-,45+,48+,51?/m0/s1. The number of urea groups is 1. The summed E-state index contributed by atoms with van der Waals surface area (Å²) in [4.78, 5) is 18.2. The van der Waals surface area contributed by atoms with Crippen molar-refractivity contribution in [3.05, 3.63) is 156 Å². The van der Waals surface area contributed by atoms with E-state index in [1.807, 2.05) is 72.8 Å². The highest BCUT2D eigenvalue weighted by Gasteiger charge is 2.51. The molecule has 2 heterocycles. The van der Waals surface area contributed by atoms with Gasteiger partial charge in [0.1, 0.15) is 5.69 Å². The Kier molecular flexibility index (Phi) is 11.1. The second-order valence-corrected chi connectivity index (χ2v) is 18.3. The van der Waals surface area contributed by atoms with Gasteiger partial charge in [0.05, 0.1) is 18.8 Å². The molecule has 0 radical (unpaired) electrons. The SMILES string of the molecule is O=C(NCc1cccc(-c2ccc([C@@H]3O[C@H](CSc4nc(-c5ccccc5)c(-c5ccccc5)o4)C[C@H](c4ccc(CO)cc4)O3)cc2)c1)NC12CC3CC(CC(C3)C1)C2. The highest BCUT2D eigenvalue weighted by atomic mass is 32.2. The van der Waals surface area contributed by atoms with Gasteiger partial charge in [-0.1, -0.05) is 139 Å². The van der Waals surface area contributed by atoms with E-state index >= 15 is 0 Å². The molecular weight excluding hydrogens is 767 g/mol. The van der Waals surface area contributed by atoms with E-state index in [1.54, 1.807) is 11.8 Å². The first-order valence-electron chi connectivity index (χ1n) is 21.4. The molecule has 1 aliphatic heterocycles. The summed E-state index contributed by atoms with van der Waals surface area (Å²) >= 11 is 1.55. The molecule has 2 amide bonds. The topological polar surface area (TPSA) is 106 Å². The van der Waals surface area contributed by atoms with Gasteiger partial charge < -0.3 is 29.6 Å². The molecule has 5 fully saturated rings. The van der Waals surface area contributed by atoms with E-state index in [0.29, 0.717) is 23.9 Å². The van der Waals surface area contributed by atoms with Gasteiger partial charge in [-0.2, -0.15) is 0 Å². The van der Waals surface area contributed by atoms with E-state index in [2.05, 4.69) is 71.3 Å². The van der Waals surface area contributed by atoms with Crippen molar-refractivity contribution in [1.29, 1.82) is 0 Å². The van der Waals surface area contributed by atoms with Crippen molar-refractivity contribution in [3.63, 3.8) is 0 Å². The first-order valence-corrected chi connectivity index (χ1v) is 22.4. The van der Waals surface area contributed by atoms with Gasteiger partial charge >= 0.3 is 6.03 Å². The molecule has 0 unspecified atom stereocenters. The fourth-order valence-corrected chi connectivity index (χ4v) is 11.4. The molecule has 8 nitrogen and oxygen atoms in total. The molecule has 6 aromatic rings. The van der Waals surface area contributed by atoms with Gasteiger partial charge in [-0.05, 0) is 90.2 Å². The Balaban J connectivity index is 0.827. The largest absolute Gasteiger partial charge is 0.431 e. The summed E-state index contributed by atoms with van der Waals surface area (Å²) in [6.07, 6.45) is 7.18. The third-order valence-electron chi connectivity index (χ3n) is 13.0. The number of carbonyl (C=O) groups excluding carboxylic acids is 1. The van der Waals surface area contributed by atoms with E-state index in [1.165, 1.54) is 19.3 Å². The number of benzene rings is 5. The van der Waals surface area contributed by atoms with E-state index in [4.69, 9.17) is 18.9 Å². The number of rotatable bonds is 12. The van der Waals surface area contributed by atoms with Crippen LogP contribution in [0, 0.1) is 17.8 Å². The number of aromatic nitrogens is 1. The molecule has 5 aromatic carbocycles. The molecule has 4 bridgehead atoms. The number of thioether (sulfide) groups is 1. The van der Waals surface area contributed by atoms with Crippen molar-refractivity contribution in [2.24, 2.45) is 17.8 Å². The number of aliphatic hydroxyl groups is 1. The average Bonchev–Trinajstić information content (AvgIpc) is 3.72. The molecule has 9 heteroatoms. The van der Waals surface area contributed by atoms with Crippen LogP contribution in [0.15, 0.2) is 143 Å². The molecule has 306 valence electrons. The van der Waals surface area contributed by atoms with Crippen LogP contribution < -0.4 is 10.6 Å². The summed E-state index contributed by atoms with van der Waals surface area (Å²) in [5.74, 6) is 3.73. The van der Waals surface area contributed by atoms with Crippen molar-refractivity contribution in [2.75, 3.05) is 5.75 Å². The number of amides is 2. The Morgan fingerprint density at radius 2 is 1.33 bits per heavy atom. The van der Waals surface area contributed by atoms with Crippen LogP contribution in [0.4, 0.5) is 4.79 Å². The Morgan fingerprint density at radius 1 is 0.683 bits per heavy atom. The smallest absolute Gasteiger partial charge is 0.315 e. The highest BCUT2D eigenvalue weighted by Crippen LogP contribution is 2.55. The van der Waals surface area contributed by atoms with E-state index in [-0.39, 0.29) is 30.4 Å². The maximum atomic E-state index is 13.2. The zero-order valence-corrected chi connectivity index (χ0v) is 34.5. The van der Waals surface area contributed by atoms with Crippen LogP contribution in [-0.2, 0) is 22.6 Å². The van der Waals surface area contributed by atoms with Crippen LogP contribution in [0.3, 0.4) is 0 Å². The molecule has 4 aliphatic carbocycles. The summed E-state index contributed by atoms with van der Waals surface area (Å²) in [6.45, 7) is 0.467. The van der Waals surface area contributed by atoms with Crippen molar-refractivity contribution >= 4 is 17.8 Å². The third-order valence-corrected chi connectivity index (χ3v) is 14.0. The summed E-state index contributed by atoms with van der Waals surface area (Å²) in [6, 6.07) is 44.9. The van der Waals surface area contributed by atoms with Gasteiger partial charge in [0.25, 0.3) is 5.22 Å². The number of ether oxygens (including phenoxy) is 2. The fraction of sp³-hybridized carbons (Fsp3) is 0.333. The number of nitrogens with one attached hydrogen (secondary N) is 2. The fourth-order valence-electron chi connectivity index (χ4n) is 10.6. The predicted octanol–water partition coefficient (Wildman–Crippen LogP) is 11.3. The van der Waals surface area contributed by atoms with Crippen LogP contribution in [0.25, 0.3) is 33.7 Å². The third kappa shape index (κ3) is 8.54. The zero-order chi connectivity index (χ0) is 40.5. The lowest BCUT2D eigenvalue weighted by Crippen LogP contribution is -2.61. The Hall–Kier alpha value is -5.19. The Labute approximate surface area is 356 Å². The normalized spacial score (nSPS) is 25.6. The molecule has 1 saturated heterocycles. The second-order valence-electron chi connectivity index (χ2n) is 17.4. The van der Waals surface area contributed by atoms with Crippen molar-refractivity contribution in [1.82, 2.24) is 15.6 Å². The van der Waals surface area contributed by atoms with Crippen molar-refractivity contribution in [2.45, 2.75) is 87.4 Å². The molecule has 60 heavy (non-hydrogen) atoms. The van der Waals surface area contributed by atoms with Crippen LogP contribution >= 0.6 is 11.8 Å². The van der Waals surface area contributed by atoms with Crippen LogP contribution in [0.5, 0.6) is 0 Å². The van der Waals surface area contributed by atoms with Crippen molar-refractivity contribution < 1.29 is 23.8 Å². The number of nitrogens with zero attached hydrogens (tertiary/aromatic N) is 1.